The summed E-state index contributed by atoms with van der Waals surface area (Å²) in [7, 11) is 0. The molecule has 2 aromatic rings. The quantitative estimate of drug-likeness (QED) is 0.257. The normalized spacial score (nSPS) is 18.5. The van der Waals surface area contributed by atoms with Crippen molar-refractivity contribution in [3.05, 3.63) is 58.1 Å². The Labute approximate surface area is 298 Å². The predicted octanol–water partition coefficient (Wildman–Crippen LogP) is 6.54. The van der Waals surface area contributed by atoms with E-state index in [1.54, 1.807) is 9.80 Å². The molecule has 3 aliphatic rings. The van der Waals surface area contributed by atoms with Gasteiger partial charge in [0.05, 0.1) is 22.2 Å². The molecular weight excluding hydrogens is 669 g/mol. The van der Waals surface area contributed by atoms with Crippen molar-refractivity contribution in [2.75, 3.05) is 63.4 Å². The van der Waals surface area contributed by atoms with Crippen LogP contribution in [0.2, 0.25) is 5.02 Å². The number of benzene rings is 2. The number of amides is 4. The van der Waals surface area contributed by atoms with Gasteiger partial charge in [0.15, 0.2) is 0 Å². The van der Waals surface area contributed by atoms with Crippen molar-refractivity contribution >= 4 is 40.8 Å². The Morgan fingerprint density at radius 3 is 2.32 bits per heavy atom. The van der Waals surface area contributed by atoms with Crippen LogP contribution in [0.1, 0.15) is 69.1 Å². The largest absolute Gasteiger partial charge is 0.418 e. The van der Waals surface area contributed by atoms with Crippen LogP contribution in [0, 0.1) is 11.8 Å². The highest BCUT2D eigenvalue weighted by Crippen LogP contribution is 2.39. The van der Waals surface area contributed by atoms with Crippen molar-refractivity contribution in [3.63, 3.8) is 0 Å². The van der Waals surface area contributed by atoms with E-state index < -0.39 is 23.3 Å². The number of para-hydroxylation sites is 1. The van der Waals surface area contributed by atoms with E-state index in [9.17, 15) is 27.6 Å². The number of nitrogen functional groups attached to an aromatic ring is 1. The van der Waals surface area contributed by atoms with Crippen molar-refractivity contribution < 1.29 is 27.6 Å². The summed E-state index contributed by atoms with van der Waals surface area (Å²) >= 11 is 6.15. The minimum Gasteiger partial charge on any atom is -0.397 e. The molecule has 2 saturated heterocycles. The SMILES string of the molecule is CCN(CC)CCC1CCN(C(=O)[C@H](CC(=O)N2CCC(N3CCc4ccccc4NC3=O)CC2)Cc2cc(Cl)c(N)c(C(F)(F)F)c2)CC1. The van der Waals surface area contributed by atoms with Gasteiger partial charge in [-0.3, -0.25) is 9.59 Å². The maximum absolute atomic E-state index is 14.1. The number of alkyl halides is 3. The average Bonchev–Trinajstić information content (AvgIpc) is 3.27. The number of fused-ring (bicyclic) bond motifs is 1. The van der Waals surface area contributed by atoms with Gasteiger partial charge in [0, 0.05) is 50.9 Å². The van der Waals surface area contributed by atoms with Gasteiger partial charge in [-0.2, -0.15) is 13.2 Å². The lowest BCUT2D eigenvalue weighted by atomic mass is 9.89. The fourth-order valence-electron chi connectivity index (χ4n) is 7.67. The fraction of sp³-hybridized carbons (Fsp3) is 0.595. The van der Waals surface area contributed by atoms with E-state index in [1.807, 2.05) is 29.2 Å². The molecule has 3 aliphatic heterocycles. The first kappa shape index (κ1) is 37.7. The Bertz CT molecular complexity index is 1500. The Kier molecular flexibility index (Phi) is 12.6. The Balaban J connectivity index is 1.25. The molecule has 50 heavy (non-hydrogen) atoms. The van der Waals surface area contributed by atoms with Crippen molar-refractivity contribution in [3.8, 4) is 0 Å². The summed E-state index contributed by atoms with van der Waals surface area (Å²) in [5.74, 6) is -0.811. The summed E-state index contributed by atoms with van der Waals surface area (Å²) < 4.78 is 41.5. The molecule has 274 valence electrons. The van der Waals surface area contributed by atoms with Crippen molar-refractivity contribution in [2.45, 2.75) is 77.4 Å². The van der Waals surface area contributed by atoms with Crippen LogP contribution >= 0.6 is 11.6 Å². The van der Waals surface area contributed by atoms with Crippen LogP contribution in [-0.2, 0) is 28.6 Å². The number of likely N-dealkylation sites (tertiary alicyclic amines) is 2. The number of carbonyl (C=O) groups excluding carboxylic acids is 3. The van der Waals surface area contributed by atoms with Gasteiger partial charge in [-0.25, -0.2) is 4.79 Å². The number of nitrogens with two attached hydrogens (primary N) is 1. The minimum atomic E-state index is -4.72. The molecule has 0 saturated carbocycles. The molecule has 0 aromatic heterocycles. The van der Waals surface area contributed by atoms with E-state index >= 15 is 0 Å². The summed E-state index contributed by atoms with van der Waals surface area (Å²) in [5.41, 5.74) is 6.19. The summed E-state index contributed by atoms with van der Waals surface area (Å²) in [5, 5.41) is 2.78. The number of carbonyl (C=O) groups is 3. The second-order valence-corrected chi connectivity index (χ2v) is 14.3. The van der Waals surface area contributed by atoms with E-state index in [-0.39, 0.29) is 47.3 Å². The molecule has 3 heterocycles. The van der Waals surface area contributed by atoms with Gasteiger partial charge in [0.1, 0.15) is 0 Å². The van der Waals surface area contributed by atoms with Crippen LogP contribution in [0.3, 0.4) is 0 Å². The zero-order chi connectivity index (χ0) is 36.0. The lowest BCUT2D eigenvalue weighted by Gasteiger charge is -2.39. The third kappa shape index (κ3) is 9.23. The molecular formula is C37H50ClF3N6O3. The van der Waals surface area contributed by atoms with E-state index in [0.717, 1.165) is 62.6 Å². The first-order chi connectivity index (χ1) is 23.9. The van der Waals surface area contributed by atoms with Crippen molar-refractivity contribution in [2.24, 2.45) is 11.8 Å². The second kappa shape index (κ2) is 16.7. The molecule has 2 aromatic carbocycles. The average molecular weight is 719 g/mol. The number of piperidine rings is 2. The van der Waals surface area contributed by atoms with Gasteiger partial charge in [-0.1, -0.05) is 43.6 Å². The summed E-state index contributed by atoms with van der Waals surface area (Å²) in [4.78, 5) is 48.6. The first-order valence-corrected chi connectivity index (χ1v) is 18.3. The van der Waals surface area contributed by atoms with Gasteiger partial charge in [-0.15, -0.1) is 0 Å². The van der Waals surface area contributed by atoms with E-state index in [4.69, 9.17) is 17.3 Å². The maximum atomic E-state index is 14.1. The number of rotatable bonds is 11. The lowest BCUT2D eigenvalue weighted by molar-refractivity contribution is -0.143. The van der Waals surface area contributed by atoms with Crippen LogP contribution in [-0.4, -0.2) is 95.8 Å². The molecule has 0 unspecified atom stereocenters. The molecule has 3 N–H and O–H groups in total. The molecule has 9 nitrogen and oxygen atoms in total. The number of urea groups is 1. The molecule has 13 heteroatoms. The van der Waals surface area contributed by atoms with Gasteiger partial charge in [-0.05, 0) is 99.8 Å². The fourth-order valence-corrected chi connectivity index (χ4v) is 7.91. The highest BCUT2D eigenvalue weighted by Gasteiger charge is 2.37. The maximum Gasteiger partial charge on any atom is 0.418 e. The van der Waals surface area contributed by atoms with E-state index in [0.29, 0.717) is 51.5 Å². The highest BCUT2D eigenvalue weighted by molar-refractivity contribution is 6.33. The summed E-state index contributed by atoms with van der Waals surface area (Å²) in [6.45, 7) is 9.82. The van der Waals surface area contributed by atoms with Crippen LogP contribution in [0.4, 0.5) is 29.3 Å². The highest BCUT2D eigenvalue weighted by atomic mass is 35.5. The zero-order valence-electron chi connectivity index (χ0n) is 29.1. The van der Waals surface area contributed by atoms with E-state index in [2.05, 4.69) is 24.1 Å². The second-order valence-electron chi connectivity index (χ2n) is 13.9. The number of hydrogen-bond acceptors (Lipinski definition) is 5. The predicted molar refractivity (Wildman–Crippen MR) is 190 cm³/mol. The zero-order valence-corrected chi connectivity index (χ0v) is 29.9. The van der Waals surface area contributed by atoms with Crippen LogP contribution < -0.4 is 11.1 Å². The van der Waals surface area contributed by atoms with Gasteiger partial charge < -0.3 is 30.7 Å². The number of anilines is 2. The van der Waals surface area contributed by atoms with Crippen LogP contribution in [0.15, 0.2) is 36.4 Å². The third-order valence-electron chi connectivity index (χ3n) is 10.8. The smallest absolute Gasteiger partial charge is 0.397 e. The standard InChI is InChI=1S/C37H50ClF3N6O3/c1-3-44(4-2)15-9-25-10-16-46(17-11-25)35(49)28(21-26-22-30(37(39,40)41)34(42)31(38)23-26)24-33(48)45-18-13-29(14-19-45)47-20-12-27-7-5-6-8-32(27)43-36(47)50/h5-8,22-23,25,28-29H,3-4,9-21,24,42H2,1-2H3,(H,43,50)/t28-/m0/s1. The van der Waals surface area contributed by atoms with Gasteiger partial charge in [0.2, 0.25) is 11.8 Å². The molecule has 1 atom stereocenters. The third-order valence-corrected chi connectivity index (χ3v) is 11.1. The number of halogens is 4. The van der Waals surface area contributed by atoms with Gasteiger partial charge in [0.25, 0.3) is 0 Å². The minimum absolute atomic E-state index is 0.0356. The number of hydrogen-bond donors (Lipinski definition) is 2. The van der Waals surface area contributed by atoms with Crippen molar-refractivity contribution in [1.29, 1.82) is 0 Å². The first-order valence-electron chi connectivity index (χ1n) is 18.0. The Morgan fingerprint density at radius 1 is 1.00 bits per heavy atom. The molecule has 0 radical (unpaired) electrons. The summed E-state index contributed by atoms with van der Waals surface area (Å²) in [6, 6.07) is 9.88. The molecule has 4 amide bonds. The molecule has 0 aliphatic carbocycles. The molecule has 0 spiro atoms. The summed E-state index contributed by atoms with van der Waals surface area (Å²) in [6.07, 6.45) is -0.244. The van der Waals surface area contributed by atoms with Crippen LogP contribution in [0.5, 0.6) is 0 Å². The van der Waals surface area contributed by atoms with Crippen molar-refractivity contribution in [1.82, 2.24) is 19.6 Å². The monoisotopic (exact) mass is 718 g/mol. The Morgan fingerprint density at radius 2 is 1.66 bits per heavy atom. The molecule has 5 rings (SSSR count). The number of nitrogens with zero attached hydrogens (tertiary/aromatic N) is 4. The molecule has 2 fully saturated rings. The Hall–Kier alpha value is -3.51. The lowest BCUT2D eigenvalue weighted by Crippen LogP contribution is -2.50. The number of nitrogens with one attached hydrogen (secondary N) is 1. The molecule has 0 bridgehead atoms. The van der Waals surface area contributed by atoms with Gasteiger partial charge >= 0.3 is 12.2 Å². The van der Waals surface area contributed by atoms with Crippen LogP contribution in [0.25, 0.3) is 0 Å². The van der Waals surface area contributed by atoms with E-state index in [1.165, 1.54) is 6.07 Å². The topological polar surface area (TPSA) is 102 Å².